The summed E-state index contributed by atoms with van der Waals surface area (Å²) in [5.41, 5.74) is 9.00. The second-order valence-electron chi connectivity index (χ2n) is 5.62. The number of aliphatic imine (C=N–C) groups is 1. The molecule has 0 saturated carbocycles. The quantitative estimate of drug-likeness (QED) is 0.729. The van der Waals surface area contributed by atoms with Crippen molar-refractivity contribution in [2.75, 3.05) is 29.9 Å². The number of amidine groups is 1. The van der Waals surface area contributed by atoms with Crippen molar-refractivity contribution >= 4 is 27.9 Å². The smallest absolute Gasteiger partial charge is 0.121 e. The van der Waals surface area contributed by atoms with Crippen LogP contribution in [0.5, 0.6) is 0 Å². The lowest BCUT2D eigenvalue weighted by Gasteiger charge is -2.30. The second-order valence-corrected chi connectivity index (χ2v) is 6.65. The zero-order chi connectivity index (χ0) is 16.9. The fourth-order valence-electron chi connectivity index (χ4n) is 2.58. The van der Waals surface area contributed by atoms with Crippen LogP contribution in [-0.4, -0.2) is 30.6 Å². The number of aliphatic hydroxyl groups is 1. The Morgan fingerprint density at radius 1 is 1.42 bits per heavy atom. The number of hydrogen-bond acceptors (Lipinski definition) is 5. The molecule has 6 heteroatoms. The van der Waals surface area contributed by atoms with Gasteiger partial charge in [0.2, 0.25) is 0 Å². The molecule has 1 aromatic heterocycles. The molecule has 24 heavy (non-hydrogen) atoms. The maximum absolute atomic E-state index is 8.94. The van der Waals surface area contributed by atoms with E-state index in [1.807, 2.05) is 25.1 Å². The predicted octanol–water partition coefficient (Wildman–Crippen LogP) is 3.25. The van der Waals surface area contributed by atoms with Crippen LogP contribution in [0.4, 0.5) is 10.7 Å². The summed E-state index contributed by atoms with van der Waals surface area (Å²) in [5.74, 6) is 0.898. The zero-order valence-electron chi connectivity index (χ0n) is 13.7. The highest BCUT2D eigenvalue weighted by molar-refractivity contribution is 7.20. The fourth-order valence-corrected chi connectivity index (χ4v) is 3.76. The van der Waals surface area contributed by atoms with Gasteiger partial charge in [-0.25, -0.2) is 0 Å². The van der Waals surface area contributed by atoms with Crippen LogP contribution in [0.1, 0.15) is 13.3 Å². The van der Waals surface area contributed by atoms with Gasteiger partial charge in [-0.3, -0.25) is 4.99 Å². The number of nitrogens with zero attached hydrogens (tertiary/aromatic N) is 2. The lowest BCUT2D eigenvalue weighted by atomic mass is 10.2. The minimum atomic E-state index is 0.157. The van der Waals surface area contributed by atoms with Gasteiger partial charge in [-0.15, -0.1) is 11.3 Å². The summed E-state index contributed by atoms with van der Waals surface area (Å²) in [6.07, 6.45) is 2.30. The fraction of sp³-hybridized carbons (Fsp3) is 0.278. The number of aliphatic hydroxyl groups excluding tert-OH is 1. The summed E-state index contributed by atoms with van der Waals surface area (Å²) in [5, 5.41) is 13.5. The molecular weight excluding hydrogens is 320 g/mol. The lowest BCUT2D eigenvalue weighted by Crippen LogP contribution is -2.36. The summed E-state index contributed by atoms with van der Waals surface area (Å²) >= 11 is 1.74. The Bertz CT molecular complexity index is 752. The Balaban J connectivity index is 1.95. The zero-order valence-corrected chi connectivity index (χ0v) is 14.5. The average molecular weight is 342 g/mol. The van der Waals surface area contributed by atoms with Crippen LogP contribution in [0, 0.1) is 0 Å². The van der Waals surface area contributed by atoms with Crippen molar-refractivity contribution in [2.24, 2.45) is 10.7 Å². The molecule has 0 saturated heterocycles. The topological polar surface area (TPSA) is 73.9 Å². The lowest BCUT2D eigenvalue weighted by molar-refractivity contribution is 0.291. The van der Waals surface area contributed by atoms with Crippen molar-refractivity contribution in [3.05, 3.63) is 48.3 Å². The Morgan fingerprint density at radius 3 is 2.92 bits per heavy atom. The van der Waals surface area contributed by atoms with Crippen molar-refractivity contribution in [3.8, 4) is 10.4 Å². The van der Waals surface area contributed by atoms with Crippen LogP contribution in [0.15, 0.2) is 53.3 Å². The van der Waals surface area contributed by atoms with Gasteiger partial charge in [0.1, 0.15) is 10.8 Å². The van der Waals surface area contributed by atoms with E-state index in [4.69, 9.17) is 10.8 Å². The molecule has 2 heterocycles. The van der Waals surface area contributed by atoms with Crippen molar-refractivity contribution < 1.29 is 5.11 Å². The van der Waals surface area contributed by atoms with Gasteiger partial charge in [0.15, 0.2) is 0 Å². The molecule has 2 aromatic rings. The van der Waals surface area contributed by atoms with E-state index in [9.17, 15) is 0 Å². The molecule has 4 N–H and O–H groups in total. The Morgan fingerprint density at radius 2 is 2.21 bits per heavy atom. The van der Waals surface area contributed by atoms with E-state index in [1.165, 1.54) is 10.4 Å². The van der Waals surface area contributed by atoms with Gasteiger partial charge in [-0.05, 0) is 25.0 Å². The molecule has 0 fully saturated rings. The number of anilines is 2. The molecule has 1 aliphatic heterocycles. The van der Waals surface area contributed by atoms with E-state index in [0.717, 1.165) is 22.2 Å². The summed E-state index contributed by atoms with van der Waals surface area (Å²) < 4.78 is 0. The Labute approximate surface area is 146 Å². The van der Waals surface area contributed by atoms with E-state index in [-0.39, 0.29) is 6.61 Å². The Hall–Kier alpha value is -2.31. The van der Waals surface area contributed by atoms with Gasteiger partial charge in [0, 0.05) is 29.9 Å². The number of hydrogen-bond donors (Lipinski definition) is 3. The Kier molecular flexibility index (Phi) is 5.17. The minimum absolute atomic E-state index is 0.157. The third-order valence-electron chi connectivity index (χ3n) is 3.89. The van der Waals surface area contributed by atoms with E-state index >= 15 is 0 Å². The predicted molar refractivity (Wildman–Crippen MR) is 103 cm³/mol. The van der Waals surface area contributed by atoms with Crippen molar-refractivity contribution in [1.82, 2.24) is 0 Å². The van der Waals surface area contributed by atoms with Gasteiger partial charge in [0.25, 0.3) is 0 Å². The van der Waals surface area contributed by atoms with Crippen LogP contribution in [0.2, 0.25) is 0 Å². The SMILES string of the molecule is C/C(=C/N)N1CC(=NCCCO)Nc2cc(-c3ccccc3)sc21. The monoisotopic (exact) mass is 342 g/mol. The standard InChI is InChI=1S/C18H22N4OS/c1-13(11-19)22-12-17(20-8-5-9-23)21-15-10-16(24-18(15)22)14-6-3-2-4-7-14/h2-4,6-7,10-11,23H,5,8-9,12,19H2,1H3,(H,20,21)/b13-11-. The highest BCUT2D eigenvalue weighted by Crippen LogP contribution is 2.44. The van der Waals surface area contributed by atoms with Crippen LogP contribution in [-0.2, 0) is 0 Å². The van der Waals surface area contributed by atoms with Gasteiger partial charge in [0.05, 0.1) is 12.2 Å². The minimum Gasteiger partial charge on any atom is -0.403 e. The summed E-state index contributed by atoms with van der Waals surface area (Å²) in [7, 11) is 0. The van der Waals surface area contributed by atoms with Crippen molar-refractivity contribution in [1.29, 1.82) is 0 Å². The number of allylic oxidation sites excluding steroid dienone is 1. The molecule has 0 bridgehead atoms. The first kappa shape index (κ1) is 16.5. The van der Waals surface area contributed by atoms with Gasteiger partial charge >= 0.3 is 0 Å². The summed E-state index contributed by atoms with van der Waals surface area (Å²) in [4.78, 5) is 7.95. The average Bonchev–Trinajstić information content (AvgIpc) is 3.05. The first-order chi connectivity index (χ1) is 11.7. The molecule has 1 aliphatic rings. The maximum atomic E-state index is 8.94. The number of rotatable bonds is 5. The van der Waals surface area contributed by atoms with E-state index in [0.29, 0.717) is 19.5 Å². The first-order valence-electron chi connectivity index (χ1n) is 7.99. The van der Waals surface area contributed by atoms with E-state index in [1.54, 1.807) is 17.5 Å². The van der Waals surface area contributed by atoms with Crippen molar-refractivity contribution in [2.45, 2.75) is 13.3 Å². The van der Waals surface area contributed by atoms with Crippen molar-refractivity contribution in [3.63, 3.8) is 0 Å². The molecule has 0 unspecified atom stereocenters. The van der Waals surface area contributed by atoms with E-state index < -0.39 is 0 Å². The number of thiophene rings is 1. The van der Waals surface area contributed by atoms with Crippen LogP contribution in [0.25, 0.3) is 10.4 Å². The molecule has 126 valence electrons. The molecule has 0 spiro atoms. The molecule has 1 aromatic carbocycles. The molecule has 0 aliphatic carbocycles. The van der Waals surface area contributed by atoms with Crippen LogP contribution >= 0.6 is 11.3 Å². The summed E-state index contributed by atoms with van der Waals surface area (Å²) in [6, 6.07) is 12.5. The molecule has 5 nitrogen and oxygen atoms in total. The van der Waals surface area contributed by atoms with Crippen LogP contribution < -0.4 is 16.0 Å². The normalized spacial score (nSPS) is 16.2. The number of benzene rings is 1. The third kappa shape index (κ3) is 3.44. The molecule has 0 atom stereocenters. The number of fused-ring (bicyclic) bond motifs is 1. The van der Waals surface area contributed by atoms with Gasteiger partial charge in [-0.2, -0.15) is 0 Å². The number of nitrogens with two attached hydrogens (primary N) is 1. The largest absolute Gasteiger partial charge is 0.403 e. The van der Waals surface area contributed by atoms with Crippen LogP contribution in [0.3, 0.4) is 0 Å². The molecular formula is C18H22N4OS. The third-order valence-corrected chi connectivity index (χ3v) is 5.10. The second kappa shape index (κ2) is 7.51. The molecule has 0 amide bonds. The maximum Gasteiger partial charge on any atom is 0.121 e. The first-order valence-corrected chi connectivity index (χ1v) is 8.81. The highest BCUT2D eigenvalue weighted by Gasteiger charge is 2.25. The van der Waals surface area contributed by atoms with E-state index in [2.05, 4.69) is 33.4 Å². The summed E-state index contributed by atoms with van der Waals surface area (Å²) in [6.45, 7) is 3.43. The van der Waals surface area contributed by atoms with Gasteiger partial charge in [-0.1, -0.05) is 30.3 Å². The molecule has 3 rings (SSSR count). The van der Waals surface area contributed by atoms with Gasteiger partial charge < -0.3 is 21.1 Å². The number of nitrogens with one attached hydrogen (secondary N) is 1. The highest BCUT2D eigenvalue weighted by atomic mass is 32.1. The molecule has 0 radical (unpaired) electrons.